The number of H-pyrrole nitrogens is 1. The van der Waals surface area contributed by atoms with E-state index >= 15 is 0 Å². The van der Waals surface area contributed by atoms with Gasteiger partial charge >= 0.3 is 0 Å². The summed E-state index contributed by atoms with van der Waals surface area (Å²) in [5.41, 5.74) is 3.65. The molecule has 0 bridgehead atoms. The van der Waals surface area contributed by atoms with Gasteiger partial charge in [-0.1, -0.05) is 12.1 Å². The van der Waals surface area contributed by atoms with Crippen molar-refractivity contribution in [1.82, 2.24) is 20.5 Å². The summed E-state index contributed by atoms with van der Waals surface area (Å²) in [6.45, 7) is 5.01. The van der Waals surface area contributed by atoms with E-state index in [1.165, 1.54) is 24.0 Å². The quantitative estimate of drug-likeness (QED) is 0.865. The number of hydrogen-bond donors (Lipinski definition) is 2. The van der Waals surface area contributed by atoms with Gasteiger partial charge in [0.25, 0.3) is 0 Å². The molecule has 0 aliphatic heterocycles. The highest BCUT2D eigenvalue weighted by molar-refractivity contribution is 5.56. The highest BCUT2D eigenvalue weighted by atomic mass is 15.2. The second-order valence-electron chi connectivity index (χ2n) is 5.06. The van der Waals surface area contributed by atoms with Gasteiger partial charge < -0.3 is 5.32 Å². The summed E-state index contributed by atoms with van der Waals surface area (Å²) in [6, 6.07) is 7.02. The number of aromatic amines is 1. The molecule has 0 atom stereocenters. The standard InChI is InChI=1S/C14H18N4/c1-9-3-4-11(7-10(9)2)14-16-13(17-18-14)8-15-12-5-6-12/h3-4,7,12,15H,5-6,8H2,1-2H3,(H,16,17,18). The fourth-order valence-corrected chi connectivity index (χ4v) is 1.91. The summed E-state index contributed by atoms with van der Waals surface area (Å²) in [4.78, 5) is 4.52. The van der Waals surface area contributed by atoms with E-state index in [2.05, 4.69) is 52.5 Å². The van der Waals surface area contributed by atoms with E-state index in [-0.39, 0.29) is 0 Å². The van der Waals surface area contributed by atoms with E-state index in [4.69, 9.17) is 0 Å². The van der Waals surface area contributed by atoms with Crippen molar-refractivity contribution in [2.75, 3.05) is 0 Å². The highest BCUT2D eigenvalue weighted by Crippen LogP contribution is 2.20. The molecular weight excluding hydrogens is 224 g/mol. The van der Waals surface area contributed by atoms with Gasteiger partial charge in [0.1, 0.15) is 5.82 Å². The van der Waals surface area contributed by atoms with Crippen molar-refractivity contribution in [2.24, 2.45) is 0 Å². The highest BCUT2D eigenvalue weighted by Gasteiger charge is 2.20. The number of nitrogens with zero attached hydrogens (tertiary/aromatic N) is 2. The lowest BCUT2D eigenvalue weighted by atomic mass is 10.1. The Kier molecular flexibility index (Phi) is 2.88. The first kappa shape index (κ1) is 11.4. The van der Waals surface area contributed by atoms with E-state index in [0.29, 0.717) is 6.04 Å². The molecular formula is C14H18N4. The van der Waals surface area contributed by atoms with Crippen molar-refractivity contribution in [2.45, 2.75) is 39.3 Å². The largest absolute Gasteiger partial charge is 0.307 e. The molecule has 0 amide bonds. The van der Waals surface area contributed by atoms with E-state index in [1.807, 2.05) is 0 Å². The van der Waals surface area contributed by atoms with Crippen molar-refractivity contribution in [3.05, 3.63) is 35.2 Å². The van der Waals surface area contributed by atoms with Crippen molar-refractivity contribution in [3.63, 3.8) is 0 Å². The molecule has 1 aromatic heterocycles. The Morgan fingerprint density at radius 3 is 2.83 bits per heavy atom. The molecule has 18 heavy (non-hydrogen) atoms. The zero-order valence-electron chi connectivity index (χ0n) is 10.8. The number of nitrogens with one attached hydrogen (secondary N) is 2. The molecule has 1 heterocycles. The fourth-order valence-electron chi connectivity index (χ4n) is 1.91. The number of benzene rings is 1. The molecule has 3 rings (SSSR count). The van der Waals surface area contributed by atoms with Crippen molar-refractivity contribution < 1.29 is 0 Å². The molecule has 4 heteroatoms. The van der Waals surface area contributed by atoms with Crippen LogP contribution in [0.4, 0.5) is 0 Å². The second-order valence-corrected chi connectivity index (χ2v) is 5.06. The minimum absolute atomic E-state index is 0.695. The van der Waals surface area contributed by atoms with Crippen molar-refractivity contribution in [3.8, 4) is 11.4 Å². The predicted molar refractivity (Wildman–Crippen MR) is 71.2 cm³/mol. The van der Waals surface area contributed by atoms with Crippen LogP contribution in [0, 0.1) is 13.8 Å². The molecule has 0 unspecified atom stereocenters. The number of rotatable bonds is 4. The van der Waals surface area contributed by atoms with Gasteiger partial charge in [-0.15, -0.1) is 0 Å². The predicted octanol–water partition coefficient (Wildman–Crippen LogP) is 2.34. The smallest absolute Gasteiger partial charge is 0.181 e. The maximum absolute atomic E-state index is 4.52. The topological polar surface area (TPSA) is 53.6 Å². The molecule has 1 fully saturated rings. The van der Waals surface area contributed by atoms with Gasteiger partial charge in [-0.05, 0) is 43.9 Å². The Labute approximate surface area is 107 Å². The molecule has 0 saturated heterocycles. The van der Waals surface area contributed by atoms with Crippen molar-refractivity contribution >= 4 is 0 Å². The number of aryl methyl sites for hydroxylation is 2. The average Bonchev–Trinajstić information content (AvgIpc) is 3.08. The monoisotopic (exact) mass is 242 g/mol. The SMILES string of the molecule is Cc1ccc(-c2n[nH]c(CNC3CC3)n2)cc1C. The zero-order valence-corrected chi connectivity index (χ0v) is 10.8. The third-order valence-electron chi connectivity index (χ3n) is 3.43. The zero-order chi connectivity index (χ0) is 12.5. The van der Waals surface area contributed by atoms with Crippen LogP contribution in [-0.2, 0) is 6.54 Å². The molecule has 0 radical (unpaired) electrons. The van der Waals surface area contributed by atoms with Gasteiger partial charge in [-0.2, -0.15) is 5.10 Å². The van der Waals surface area contributed by atoms with Crippen LogP contribution in [0.5, 0.6) is 0 Å². The summed E-state index contributed by atoms with van der Waals surface area (Å²) >= 11 is 0. The molecule has 1 aliphatic carbocycles. The van der Waals surface area contributed by atoms with Crippen LogP contribution in [0.2, 0.25) is 0 Å². The van der Waals surface area contributed by atoms with Gasteiger partial charge in [-0.3, -0.25) is 5.10 Å². The van der Waals surface area contributed by atoms with Gasteiger partial charge in [0.05, 0.1) is 6.54 Å². The van der Waals surface area contributed by atoms with E-state index in [1.54, 1.807) is 0 Å². The fraction of sp³-hybridized carbons (Fsp3) is 0.429. The Morgan fingerprint density at radius 1 is 1.28 bits per heavy atom. The normalized spacial score (nSPS) is 15.0. The van der Waals surface area contributed by atoms with E-state index in [0.717, 1.165) is 23.8 Å². The maximum atomic E-state index is 4.52. The third-order valence-corrected chi connectivity index (χ3v) is 3.43. The van der Waals surface area contributed by atoms with E-state index in [9.17, 15) is 0 Å². The summed E-state index contributed by atoms with van der Waals surface area (Å²) in [5.74, 6) is 1.70. The van der Waals surface area contributed by atoms with Crippen LogP contribution < -0.4 is 5.32 Å². The van der Waals surface area contributed by atoms with Gasteiger partial charge in [0.2, 0.25) is 0 Å². The molecule has 1 aromatic carbocycles. The minimum Gasteiger partial charge on any atom is -0.307 e. The Hall–Kier alpha value is -1.68. The first-order valence-corrected chi connectivity index (χ1v) is 6.44. The minimum atomic E-state index is 0.695. The van der Waals surface area contributed by atoms with Crippen LogP contribution in [-0.4, -0.2) is 21.2 Å². The lowest BCUT2D eigenvalue weighted by Gasteiger charge is -2.01. The Balaban J connectivity index is 1.76. The molecule has 94 valence electrons. The lowest BCUT2D eigenvalue weighted by molar-refractivity contribution is 0.660. The lowest BCUT2D eigenvalue weighted by Crippen LogP contribution is -2.16. The molecule has 0 spiro atoms. The van der Waals surface area contributed by atoms with E-state index < -0.39 is 0 Å². The van der Waals surface area contributed by atoms with Crippen LogP contribution >= 0.6 is 0 Å². The number of hydrogen-bond acceptors (Lipinski definition) is 3. The van der Waals surface area contributed by atoms with Crippen LogP contribution in [0.15, 0.2) is 18.2 Å². The molecule has 4 nitrogen and oxygen atoms in total. The maximum Gasteiger partial charge on any atom is 0.181 e. The Morgan fingerprint density at radius 2 is 2.11 bits per heavy atom. The van der Waals surface area contributed by atoms with Crippen LogP contribution in [0.1, 0.15) is 29.8 Å². The van der Waals surface area contributed by atoms with Crippen LogP contribution in [0.3, 0.4) is 0 Å². The average molecular weight is 242 g/mol. The molecule has 2 aromatic rings. The van der Waals surface area contributed by atoms with Gasteiger partial charge in [0.15, 0.2) is 5.82 Å². The number of aromatic nitrogens is 3. The van der Waals surface area contributed by atoms with Crippen molar-refractivity contribution in [1.29, 1.82) is 0 Å². The summed E-state index contributed by atoms with van der Waals surface area (Å²) < 4.78 is 0. The summed E-state index contributed by atoms with van der Waals surface area (Å²) in [6.07, 6.45) is 2.58. The first-order chi connectivity index (χ1) is 8.72. The first-order valence-electron chi connectivity index (χ1n) is 6.44. The Bertz CT molecular complexity index is 555. The summed E-state index contributed by atoms with van der Waals surface area (Å²) in [7, 11) is 0. The third kappa shape index (κ3) is 2.43. The second kappa shape index (κ2) is 4.53. The van der Waals surface area contributed by atoms with Crippen LogP contribution in [0.25, 0.3) is 11.4 Å². The van der Waals surface area contributed by atoms with Gasteiger partial charge in [-0.25, -0.2) is 4.98 Å². The molecule has 1 aliphatic rings. The molecule has 1 saturated carbocycles. The van der Waals surface area contributed by atoms with Gasteiger partial charge in [0, 0.05) is 11.6 Å². The summed E-state index contributed by atoms with van der Waals surface area (Å²) in [5, 5.41) is 10.7. The molecule has 2 N–H and O–H groups in total.